The van der Waals surface area contributed by atoms with Crippen molar-refractivity contribution in [3.63, 3.8) is 0 Å². The van der Waals surface area contributed by atoms with Gasteiger partial charge in [-0.3, -0.25) is 9.67 Å². The molecule has 0 bridgehead atoms. The van der Waals surface area contributed by atoms with E-state index in [0.29, 0.717) is 0 Å². The molecule has 6 nitrogen and oxygen atoms in total. The van der Waals surface area contributed by atoms with Gasteiger partial charge in [-0.2, -0.15) is 5.10 Å². The molecule has 0 saturated carbocycles. The third kappa shape index (κ3) is 3.78. The average Bonchev–Trinajstić information content (AvgIpc) is 2.98. The predicted molar refractivity (Wildman–Crippen MR) is 81.2 cm³/mol. The summed E-state index contributed by atoms with van der Waals surface area (Å²) in [5, 5.41) is 7.80. The van der Waals surface area contributed by atoms with E-state index in [1.165, 1.54) is 0 Å². The van der Waals surface area contributed by atoms with Crippen LogP contribution in [0, 0.1) is 0 Å². The average molecular weight is 289 g/mol. The van der Waals surface area contributed by atoms with Crippen LogP contribution in [-0.2, 0) is 13.0 Å². The van der Waals surface area contributed by atoms with Crippen LogP contribution in [-0.4, -0.2) is 33.4 Å². The molecule has 0 fully saturated rings. The van der Waals surface area contributed by atoms with Crippen molar-refractivity contribution in [1.29, 1.82) is 0 Å². The van der Waals surface area contributed by atoms with Crippen LogP contribution in [0.4, 0.5) is 0 Å². The summed E-state index contributed by atoms with van der Waals surface area (Å²) in [5.74, 6) is 1.78. The normalized spacial score (nSPS) is 12.3. The molecule has 114 valence electrons. The highest BCUT2D eigenvalue weighted by Gasteiger charge is 2.18. The standard InChI is InChI=1S/C15H23N5O/c1-4-7-17-13(9-15-18-11-19-20(15)5-2)12-6-8-16-10-14(12)21-3/h6,8,10-11,13,17H,4-5,7,9H2,1-3H3. The van der Waals surface area contributed by atoms with Gasteiger partial charge in [-0.1, -0.05) is 6.92 Å². The van der Waals surface area contributed by atoms with Gasteiger partial charge in [-0.25, -0.2) is 4.98 Å². The fourth-order valence-corrected chi connectivity index (χ4v) is 2.35. The molecule has 0 amide bonds. The number of methoxy groups -OCH3 is 1. The van der Waals surface area contributed by atoms with E-state index in [9.17, 15) is 0 Å². The lowest BCUT2D eigenvalue weighted by Gasteiger charge is -2.20. The van der Waals surface area contributed by atoms with E-state index in [1.54, 1.807) is 25.8 Å². The summed E-state index contributed by atoms with van der Waals surface area (Å²) in [6.45, 7) is 5.99. The highest BCUT2D eigenvalue weighted by atomic mass is 16.5. The minimum atomic E-state index is 0.136. The molecule has 0 aromatic carbocycles. The molecule has 0 spiro atoms. The molecule has 0 radical (unpaired) electrons. The number of aromatic nitrogens is 4. The molecule has 0 aliphatic rings. The van der Waals surface area contributed by atoms with E-state index >= 15 is 0 Å². The van der Waals surface area contributed by atoms with Gasteiger partial charge in [-0.15, -0.1) is 0 Å². The molecule has 6 heteroatoms. The Kier molecular flexibility index (Phi) is 5.68. The number of hydrogen-bond donors (Lipinski definition) is 1. The molecule has 2 heterocycles. The molecule has 2 aromatic rings. The Labute approximate surface area is 125 Å². The highest BCUT2D eigenvalue weighted by molar-refractivity contribution is 5.33. The number of pyridine rings is 1. The third-order valence-electron chi connectivity index (χ3n) is 3.43. The number of rotatable bonds is 8. The Hall–Kier alpha value is -1.95. The first-order chi connectivity index (χ1) is 10.3. The van der Waals surface area contributed by atoms with Crippen molar-refractivity contribution in [2.75, 3.05) is 13.7 Å². The van der Waals surface area contributed by atoms with Gasteiger partial charge < -0.3 is 10.1 Å². The molecule has 1 N–H and O–H groups in total. The first-order valence-corrected chi connectivity index (χ1v) is 7.38. The monoisotopic (exact) mass is 289 g/mol. The first kappa shape index (κ1) is 15.4. The van der Waals surface area contributed by atoms with Gasteiger partial charge in [0.05, 0.1) is 13.3 Å². The largest absolute Gasteiger partial charge is 0.495 e. The quantitative estimate of drug-likeness (QED) is 0.805. The lowest BCUT2D eigenvalue weighted by molar-refractivity contribution is 0.394. The van der Waals surface area contributed by atoms with Gasteiger partial charge >= 0.3 is 0 Å². The Bertz CT molecular complexity index is 555. The van der Waals surface area contributed by atoms with Gasteiger partial charge in [0.15, 0.2) is 0 Å². The van der Waals surface area contributed by atoms with Crippen molar-refractivity contribution >= 4 is 0 Å². The summed E-state index contributed by atoms with van der Waals surface area (Å²) in [5.41, 5.74) is 1.10. The second-order valence-corrected chi connectivity index (χ2v) is 4.82. The van der Waals surface area contributed by atoms with E-state index < -0.39 is 0 Å². The number of ether oxygens (including phenoxy) is 1. The zero-order chi connectivity index (χ0) is 15.1. The van der Waals surface area contributed by atoms with E-state index in [4.69, 9.17) is 4.74 Å². The fourth-order valence-electron chi connectivity index (χ4n) is 2.35. The zero-order valence-corrected chi connectivity index (χ0v) is 12.9. The summed E-state index contributed by atoms with van der Waals surface area (Å²) >= 11 is 0. The number of nitrogens with one attached hydrogen (secondary N) is 1. The van der Waals surface area contributed by atoms with E-state index in [-0.39, 0.29) is 6.04 Å². The van der Waals surface area contributed by atoms with Gasteiger partial charge in [0.1, 0.15) is 17.9 Å². The maximum absolute atomic E-state index is 5.44. The Morgan fingerprint density at radius 3 is 2.95 bits per heavy atom. The topological polar surface area (TPSA) is 64.9 Å². The molecule has 21 heavy (non-hydrogen) atoms. The Morgan fingerprint density at radius 2 is 2.24 bits per heavy atom. The summed E-state index contributed by atoms with van der Waals surface area (Å²) in [6, 6.07) is 2.14. The molecule has 2 aromatic heterocycles. The maximum atomic E-state index is 5.44. The number of hydrogen-bond acceptors (Lipinski definition) is 5. The molecule has 2 rings (SSSR count). The molecule has 1 unspecified atom stereocenters. The first-order valence-electron chi connectivity index (χ1n) is 7.38. The van der Waals surface area contributed by atoms with Crippen LogP contribution < -0.4 is 10.1 Å². The number of aryl methyl sites for hydroxylation is 1. The predicted octanol–water partition coefficient (Wildman–Crippen LogP) is 1.98. The maximum Gasteiger partial charge on any atom is 0.141 e. The van der Waals surface area contributed by atoms with Crippen molar-refractivity contribution in [3.05, 3.63) is 36.2 Å². The van der Waals surface area contributed by atoms with E-state index in [1.807, 2.05) is 10.7 Å². The molecular formula is C15H23N5O. The second kappa shape index (κ2) is 7.73. The third-order valence-corrected chi connectivity index (χ3v) is 3.43. The molecule has 0 saturated heterocycles. The van der Waals surface area contributed by atoms with Gasteiger partial charge in [-0.05, 0) is 26.0 Å². The van der Waals surface area contributed by atoms with Crippen molar-refractivity contribution < 1.29 is 4.74 Å². The fraction of sp³-hybridized carbons (Fsp3) is 0.533. The summed E-state index contributed by atoms with van der Waals surface area (Å²) in [6.07, 6.45) is 7.00. The van der Waals surface area contributed by atoms with Crippen molar-refractivity contribution in [2.24, 2.45) is 0 Å². The van der Waals surface area contributed by atoms with Crippen LogP contribution in [0.25, 0.3) is 0 Å². The van der Waals surface area contributed by atoms with Crippen LogP contribution in [0.15, 0.2) is 24.8 Å². The zero-order valence-electron chi connectivity index (χ0n) is 12.9. The molecular weight excluding hydrogens is 266 g/mol. The van der Waals surface area contributed by atoms with Crippen LogP contribution in [0.1, 0.15) is 37.7 Å². The van der Waals surface area contributed by atoms with Crippen LogP contribution >= 0.6 is 0 Å². The lowest BCUT2D eigenvalue weighted by Crippen LogP contribution is -2.26. The Balaban J connectivity index is 2.25. The minimum Gasteiger partial charge on any atom is -0.495 e. The summed E-state index contributed by atoms with van der Waals surface area (Å²) < 4.78 is 7.36. The molecule has 1 atom stereocenters. The SMILES string of the molecule is CCCNC(Cc1ncnn1CC)c1ccncc1OC. The lowest BCUT2D eigenvalue weighted by atomic mass is 10.0. The minimum absolute atomic E-state index is 0.136. The van der Waals surface area contributed by atoms with Crippen molar-refractivity contribution in [2.45, 2.75) is 39.3 Å². The Morgan fingerprint density at radius 1 is 1.38 bits per heavy atom. The molecule has 0 aliphatic heterocycles. The van der Waals surface area contributed by atoms with Gasteiger partial charge in [0, 0.05) is 30.8 Å². The van der Waals surface area contributed by atoms with Crippen molar-refractivity contribution in [1.82, 2.24) is 25.1 Å². The number of nitrogens with zero attached hydrogens (tertiary/aromatic N) is 4. The van der Waals surface area contributed by atoms with Crippen LogP contribution in [0.5, 0.6) is 5.75 Å². The van der Waals surface area contributed by atoms with E-state index in [2.05, 4.69) is 34.2 Å². The summed E-state index contributed by atoms with van der Waals surface area (Å²) in [7, 11) is 1.67. The smallest absolute Gasteiger partial charge is 0.141 e. The van der Waals surface area contributed by atoms with Gasteiger partial charge in [0.2, 0.25) is 0 Å². The second-order valence-electron chi connectivity index (χ2n) is 4.82. The summed E-state index contributed by atoms with van der Waals surface area (Å²) in [4.78, 5) is 8.49. The van der Waals surface area contributed by atoms with Crippen molar-refractivity contribution in [3.8, 4) is 5.75 Å². The van der Waals surface area contributed by atoms with Crippen LogP contribution in [0.3, 0.4) is 0 Å². The van der Waals surface area contributed by atoms with Crippen LogP contribution in [0.2, 0.25) is 0 Å². The highest BCUT2D eigenvalue weighted by Crippen LogP contribution is 2.26. The van der Waals surface area contributed by atoms with E-state index in [0.717, 1.165) is 43.1 Å². The molecule has 0 aliphatic carbocycles. The van der Waals surface area contributed by atoms with Gasteiger partial charge in [0.25, 0.3) is 0 Å².